The Bertz CT molecular complexity index is 1820. The number of carbonyl (C=O) groups excluding carboxylic acids is 2. The predicted octanol–water partition coefficient (Wildman–Crippen LogP) is 3.22. The van der Waals surface area contributed by atoms with Crippen molar-refractivity contribution in [1.29, 1.82) is 0 Å². The van der Waals surface area contributed by atoms with Crippen molar-refractivity contribution in [3.63, 3.8) is 0 Å². The molecule has 1 saturated carbocycles. The molecule has 1 aliphatic carbocycles. The molecule has 2 aliphatic rings. The highest BCUT2D eigenvalue weighted by Gasteiger charge is 2.70. The Balaban J connectivity index is 1.59. The highest BCUT2D eigenvalue weighted by atomic mass is 16.6. The summed E-state index contributed by atoms with van der Waals surface area (Å²) in [7, 11) is 0. The number of hydrogen-bond donors (Lipinski definition) is 7. The van der Waals surface area contributed by atoms with Crippen LogP contribution in [0.3, 0.4) is 0 Å². The van der Waals surface area contributed by atoms with Gasteiger partial charge in [-0.2, -0.15) is 0 Å². The Morgan fingerprint density at radius 2 is 1.46 bits per heavy atom. The minimum absolute atomic E-state index is 0.0857. The maximum absolute atomic E-state index is 13.5. The van der Waals surface area contributed by atoms with E-state index in [1.54, 1.807) is 12.1 Å². The number of aryl methyl sites for hydroxylation is 1. The number of carboxylic acids is 1. The van der Waals surface area contributed by atoms with Gasteiger partial charge in [-0.3, -0.25) is 0 Å². The number of phenolic OH excluding ortho intramolecular Hbond substituents is 4. The predicted molar refractivity (Wildman–Crippen MR) is 177 cm³/mol. The van der Waals surface area contributed by atoms with Gasteiger partial charge in [0, 0.05) is 37.5 Å². The zero-order chi connectivity index (χ0) is 36.2. The molecule has 13 nitrogen and oxygen atoms in total. The van der Waals surface area contributed by atoms with Crippen LogP contribution < -0.4 is 0 Å². The first-order valence-corrected chi connectivity index (χ1v) is 15.9. The number of carbonyl (C=O) groups is 3. The number of esters is 2. The van der Waals surface area contributed by atoms with E-state index in [0.717, 1.165) is 17.7 Å². The Morgan fingerprint density at radius 3 is 2.04 bits per heavy atom. The molecule has 0 radical (unpaired) electrons. The number of ether oxygens (including phenoxy) is 3. The number of phenols is 4. The molecular formula is C37H38O13. The molecule has 1 aliphatic heterocycles. The molecule has 1 heterocycles. The van der Waals surface area contributed by atoms with Gasteiger partial charge in [0.2, 0.25) is 5.60 Å². The molecule has 13 heteroatoms. The quantitative estimate of drug-likeness (QED) is 0.0924. The third-order valence-electron chi connectivity index (χ3n) is 9.22. The van der Waals surface area contributed by atoms with E-state index in [9.17, 15) is 50.1 Å². The molecule has 0 spiro atoms. The molecule has 5 rings (SSSR count). The van der Waals surface area contributed by atoms with E-state index in [1.165, 1.54) is 48.6 Å². The van der Waals surface area contributed by atoms with Crippen molar-refractivity contribution in [3.8, 4) is 23.0 Å². The lowest BCUT2D eigenvalue weighted by atomic mass is 9.60. The Morgan fingerprint density at radius 1 is 0.860 bits per heavy atom. The van der Waals surface area contributed by atoms with Crippen LogP contribution in [0.2, 0.25) is 0 Å². The third kappa shape index (κ3) is 7.30. The average Bonchev–Trinajstić information content (AvgIpc) is 3.08. The van der Waals surface area contributed by atoms with Crippen LogP contribution in [-0.4, -0.2) is 89.8 Å². The summed E-state index contributed by atoms with van der Waals surface area (Å²) in [6, 6.07) is 14.8. The number of fused-ring (bicyclic) bond motifs is 1. The van der Waals surface area contributed by atoms with Crippen molar-refractivity contribution >= 4 is 30.1 Å². The zero-order valence-corrected chi connectivity index (χ0v) is 27.0. The van der Waals surface area contributed by atoms with Gasteiger partial charge in [0.15, 0.2) is 34.7 Å². The minimum Gasteiger partial charge on any atom is -0.504 e. The van der Waals surface area contributed by atoms with Gasteiger partial charge < -0.3 is 50.0 Å². The van der Waals surface area contributed by atoms with Gasteiger partial charge in [-0.25, -0.2) is 14.4 Å². The van der Waals surface area contributed by atoms with Gasteiger partial charge in [-0.15, -0.1) is 0 Å². The van der Waals surface area contributed by atoms with Crippen molar-refractivity contribution in [2.24, 2.45) is 5.92 Å². The van der Waals surface area contributed by atoms with Crippen LogP contribution in [0.4, 0.5) is 0 Å². The van der Waals surface area contributed by atoms with E-state index < -0.39 is 71.3 Å². The average molecular weight is 691 g/mol. The van der Waals surface area contributed by atoms with E-state index in [1.807, 2.05) is 19.1 Å². The summed E-state index contributed by atoms with van der Waals surface area (Å²) < 4.78 is 17.8. The first kappa shape index (κ1) is 35.9. The number of aliphatic carboxylic acids is 1. The fraction of sp³-hybridized carbons (Fsp3) is 0.324. The van der Waals surface area contributed by atoms with Gasteiger partial charge in [0.1, 0.15) is 12.2 Å². The summed E-state index contributed by atoms with van der Waals surface area (Å²) >= 11 is 0. The maximum Gasteiger partial charge on any atom is 0.336 e. The fourth-order valence-electron chi connectivity index (χ4n) is 6.59. The van der Waals surface area contributed by atoms with Crippen LogP contribution in [0, 0.1) is 5.92 Å². The first-order chi connectivity index (χ1) is 23.8. The fourth-order valence-corrected chi connectivity index (χ4v) is 6.59. The van der Waals surface area contributed by atoms with Crippen molar-refractivity contribution in [3.05, 3.63) is 95.1 Å². The Kier molecular flexibility index (Phi) is 10.5. The smallest absolute Gasteiger partial charge is 0.336 e. The number of carboxylic acid groups (broad SMARTS) is 1. The number of benzene rings is 3. The Hall–Kier alpha value is -5.37. The van der Waals surface area contributed by atoms with E-state index >= 15 is 0 Å². The highest BCUT2D eigenvalue weighted by molar-refractivity contribution is 5.89. The van der Waals surface area contributed by atoms with Crippen molar-refractivity contribution < 1.29 is 64.3 Å². The van der Waals surface area contributed by atoms with Crippen LogP contribution in [0.15, 0.2) is 72.8 Å². The molecule has 3 aromatic rings. The molecule has 6 atom stereocenters. The highest BCUT2D eigenvalue weighted by Crippen LogP contribution is 2.50. The second-order valence-electron chi connectivity index (χ2n) is 12.4. The minimum atomic E-state index is -2.59. The molecule has 1 saturated heterocycles. The summed E-state index contributed by atoms with van der Waals surface area (Å²) in [5.74, 6) is -6.87. The monoisotopic (exact) mass is 690 g/mol. The molecule has 6 unspecified atom stereocenters. The molecule has 3 aromatic carbocycles. The molecular weight excluding hydrogens is 652 g/mol. The van der Waals surface area contributed by atoms with E-state index in [2.05, 4.69) is 0 Å². The zero-order valence-electron chi connectivity index (χ0n) is 27.0. The van der Waals surface area contributed by atoms with E-state index in [4.69, 9.17) is 14.2 Å². The summed E-state index contributed by atoms with van der Waals surface area (Å²) in [5.41, 5.74) is -2.69. The van der Waals surface area contributed by atoms with Gasteiger partial charge in [0.25, 0.3) is 0 Å². The van der Waals surface area contributed by atoms with Gasteiger partial charge in [0.05, 0.1) is 0 Å². The summed E-state index contributed by atoms with van der Waals surface area (Å²) in [5, 5.41) is 73.0. The lowest BCUT2D eigenvalue weighted by Gasteiger charge is -2.57. The summed E-state index contributed by atoms with van der Waals surface area (Å²) in [4.78, 5) is 39.9. The lowest BCUT2D eigenvalue weighted by Crippen LogP contribution is -2.76. The van der Waals surface area contributed by atoms with Gasteiger partial charge >= 0.3 is 17.9 Å². The van der Waals surface area contributed by atoms with Crippen LogP contribution in [0.5, 0.6) is 23.0 Å². The molecule has 50 heavy (non-hydrogen) atoms. The number of rotatable bonds is 10. The summed E-state index contributed by atoms with van der Waals surface area (Å²) in [6.45, 7) is 1.84. The number of hydrogen-bond acceptors (Lipinski definition) is 12. The van der Waals surface area contributed by atoms with Crippen molar-refractivity contribution in [1.82, 2.24) is 0 Å². The first-order valence-electron chi connectivity index (χ1n) is 15.9. The molecule has 0 bridgehead atoms. The number of aliphatic hydroxyl groups excluding tert-OH is 1. The SMILES string of the molecule is CCc1cccc(CC2C(OC(=O)C=Cc3ccc(O)c(O)c3)C3(OC(=O)C=Cc4ccc(O)c(O)c4)C(O)CCOC3CC2(O)C(=O)O)c1. The normalized spacial score (nSPS) is 26.4. The largest absolute Gasteiger partial charge is 0.504 e. The second-order valence-corrected chi connectivity index (χ2v) is 12.4. The number of aromatic hydroxyl groups is 4. The number of aliphatic hydroxyl groups is 2. The maximum atomic E-state index is 13.5. The van der Waals surface area contributed by atoms with Crippen LogP contribution in [0.1, 0.15) is 42.0 Å². The molecule has 0 aromatic heterocycles. The molecule has 264 valence electrons. The van der Waals surface area contributed by atoms with Crippen LogP contribution >= 0.6 is 0 Å². The van der Waals surface area contributed by atoms with E-state index in [-0.39, 0.29) is 30.9 Å². The van der Waals surface area contributed by atoms with Crippen LogP contribution in [0.25, 0.3) is 12.2 Å². The third-order valence-corrected chi connectivity index (χ3v) is 9.22. The van der Waals surface area contributed by atoms with E-state index in [0.29, 0.717) is 23.1 Å². The Labute approximate surface area is 286 Å². The van der Waals surface area contributed by atoms with Gasteiger partial charge in [-0.1, -0.05) is 43.3 Å². The van der Waals surface area contributed by atoms with Gasteiger partial charge in [-0.05, 0) is 71.5 Å². The standard InChI is InChI=1S/C37H38O13/c1-2-21-4-3-5-24(16-21)17-25-34(49-32(43)12-8-22-6-10-26(38)28(40)18-22)37(30(42)14-15-48-31(37)20-36(25,47)35(45)46)50-33(44)13-9-23-7-11-27(39)29(41)19-23/h3-13,16,18-19,25,30-31,34,38-42,47H,2,14-15,17,20H2,1H3,(H,45,46). The molecule has 2 fully saturated rings. The van der Waals surface area contributed by atoms with Crippen molar-refractivity contribution in [2.45, 2.75) is 62.1 Å². The lowest BCUT2D eigenvalue weighted by molar-refractivity contribution is -0.305. The molecule has 7 N–H and O–H groups in total. The topological polar surface area (TPSA) is 221 Å². The summed E-state index contributed by atoms with van der Waals surface area (Å²) in [6.07, 6.45) is -0.562. The van der Waals surface area contributed by atoms with Crippen LogP contribution in [-0.2, 0) is 41.4 Å². The molecule has 0 amide bonds. The van der Waals surface area contributed by atoms with Crippen molar-refractivity contribution in [2.75, 3.05) is 6.61 Å². The second kappa shape index (κ2) is 14.6.